The molecule has 3 aromatic carbocycles. The van der Waals surface area contributed by atoms with E-state index in [1.165, 1.54) is 32.9 Å². The second-order valence-corrected chi connectivity index (χ2v) is 27.9. The van der Waals surface area contributed by atoms with Crippen molar-refractivity contribution in [2.75, 3.05) is 116 Å². The molecule has 0 radical (unpaired) electrons. The van der Waals surface area contributed by atoms with Gasteiger partial charge < -0.3 is 60.8 Å². The van der Waals surface area contributed by atoms with Crippen molar-refractivity contribution in [1.29, 1.82) is 0 Å². The van der Waals surface area contributed by atoms with Crippen molar-refractivity contribution < 1.29 is 71.7 Å². The molecule has 0 heterocycles. The highest BCUT2D eigenvalue weighted by Crippen LogP contribution is 2.39. The van der Waals surface area contributed by atoms with E-state index in [4.69, 9.17) is 14.2 Å². The van der Waals surface area contributed by atoms with Gasteiger partial charge in [-0.1, -0.05) is 18.2 Å². The van der Waals surface area contributed by atoms with Gasteiger partial charge in [-0.25, -0.2) is 0 Å². The average molecular weight is 2230 g/mol. The number of esters is 3. The number of nitrogens with one attached hydrogen (secondary N) is 6. The Balaban J connectivity index is 2.16. The first-order valence-electron chi connectivity index (χ1n) is 25.4. The molecule has 0 aliphatic carbocycles. The van der Waals surface area contributed by atoms with Crippen LogP contribution in [0.5, 0.6) is 0 Å². The molecule has 0 unspecified atom stereocenters. The molecule has 3 rings (SSSR count). The van der Waals surface area contributed by atoms with Gasteiger partial charge in [-0.2, -0.15) is 0 Å². The molecule has 0 fully saturated rings. The molecule has 0 aromatic heterocycles. The summed E-state index contributed by atoms with van der Waals surface area (Å²) in [6.07, 6.45) is 4.56. The van der Waals surface area contributed by atoms with E-state index >= 15 is 0 Å². The summed E-state index contributed by atoms with van der Waals surface area (Å²) in [4.78, 5) is 165. The Morgan fingerprint density at radius 2 is 0.591 bits per heavy atom. The van der Waals surface area contributed by atoms with Crippen molar-refractivity contribution in [3.8, 4) is 0 Å². The molecule has 0 saturated carbocycles. The zero-order chi connectivity index (χ0) is 66.6. The van der Waals surface area contributed by atoms with E-state index in [1.807, 2.05) is 203 Å². The SMILES string of the molecule is C=CCN(C)C(=O)c1c(I)c(NC(=O)COC(C)=O)c(I)c(C(=O)NCCN(CCNC(=O)c2c(I)c(NC(=O)COC(C)=O)c(I)c(C(=O)N(C)CC=C)c2I)CCNC(=O)c2c(I)c(NC(=O)COC(C)=O)c(I)c(C(=O)N(C)CC=C)c2I)c1I. The van der Waals surface area contributed by atoms with E-state index in [0.29, 0.717) is 10.7 Å². The number of hydrogen-bond acceptors (Lipinski definition) is 16. The van der Waals surface area contributed by atoms with E-state index in [9.17, 15) is 57.5 Å². The van der Waals surface area contributed by atoms with Crippen molar-refractivity contribution in [3.63, 3.8) is 0 Å². The Bertz CT molecular complexity index is 3010. The van der Waals surface area contributed by atoms with Crippen LogP contribution < -0.4 is 31.9 Å². The van der Waals surface area contributed by atoms with E-state index in [-0.39, 0.29) is 131 Å². The minimum Gasteiger partial charge on any atom is -0.456 e. The predicted octanol–water partition coefficient (Wildman–Crippen LogP) is 7.30. The Morgan fingerprint density at radius 1 is 0.375 bits per heavy atom. The molecule has 6 N–H and O–H groups in total. The summed E-state index contributed by atoms with van der Waals surface area (Å²) in [5, 5.41) is 16.7. The Hall–Kier alpha value is -2.95. The molecule has 9 amide bonds. The van der Waals surface area contributed by atoms with Gasteiger partial charge in [0.15, 0.2) is 19.8 Å². The molecule has 25 nitrogen and oxygen atoms in total. The van der Waals surface area contributed by atoms with Crippen LogP contribution in [0.4, 0.5) is 17.1 Å². The van der Waals surface area contributed by atoms with Crippen LogP contribution >= 0.6 is 203 Å². The molecule has 476 valence electrons. The van der Waals surface area contributed by atoms with Crippen molar-refractivity contribution in [2.24, 2.45) is 0 Å². The van der Waals surface area contributed by atoms with Gasteiger partial charge in [-0.05, 0) is 203 Å². The fourth-order valence-corrected chi connectivity index (χ4v) is 20.7. The number of rotatable bonds is 30. The van der Waals surface area contributed by atoms with Crippen LogP contribution in [0.25, 0.3) is 0 Å². The molecular formula is C54H57I9N10O15. The fraction of sp³-hybridized carbons (Fsp3) is 0.333. The lowest BCUT2D eigenvalue weighted by Gasteiger charge is -2.25. The number of nitrogens with zero attached hydrogens (tertiary/aromatic N) is 4. The first-order chi connectivity index (χ1) is 41.3. The molecule has 0 atom stereocenters. The maximum atomic E-state index is 14.5. The number of amides is 9. The maximum Gasteiger partial charge on any atom is 0.303 e. The summed E-state index contributed by atoms with van der Waals surface area (Å²) in [5.74, 6) is -7.69. The molecule has 0 saturated heterocycles. The highest BCUT2D eigenvalue weighted by atomic mass is 127. The zero-order valence-corrected chi connectivity index (χ0v) is 67.1. The Labute approximate surface area is 630 Å². The van der Waals surface area contributed by atoms with Gasteiger partial charge in [0.1, 0.15) is 0 Å². The fourth-order valence-electron chi connectivity index (χ4n) is 7.50. The second-order valence-electron chi connectivity index (χ2n) is 18.2. The van der Waals surface area contributed by atoms with Crippen LogP contribution in [0.15, 0.2) is 38.0 Å². The lowest BCUT2D eigenvalue weighted by atomic mass is 10.1. The molecule has 0 bridgehead atoms. The number of benzene rings is 3. The topological polar surface area (TPSA) is 318 Å². The Kier molecular flexibility index (Phi) is 34.5. The molecular weight excluding hydrogens is 2170 g/mol. The lowest BCUT2D eigenvalue weighted by Crippen LogP contribution is -2.43. The standard InChI is InChI=1S/C54H57I9N10O15/c1-10-16-70(7)52(83)34-37(55)31(40(58)46(43(34)61)67-28(77)22-86-25(4)74)49(80)64-13-19-73(20-14-65-50(81)32-38(56)35(53(84)71(8)17-11-2)44(62)47(41(32)59)68-29(78)23-87-26(5)75)21-15-66-51(82)33-39(57)36(54(85)72(9)18-12-3)45(63)48(42(33)60)69-30(79)24-88-27(6)76/h10-12H,1-3,13-24H2,4-9H3,(H,64,80)(H,65,81)(H,66,82)(H,67,77)(H,68,78)(H,69,79). The summed E-state index contributed by atoms with van der Waals surface area (Å²) in [6.45, 7) is 13.0. The monoisotopic (exact) mass is 2230 g/mol. The normalized spacial score (nSPS) is 10.6. The number of carbonyl (C=O) groups excluding carboxylic acids is 12. The van der Waals surface area contributed by atoms with Gasteiger partial charge in [0, 0.05) is 112 Å². The number of halogens is 9. The van der Waals surface area contributed by atoms with Crippen LogP contribution in [0.3, 0.4) is 0 Å². The lowest BCUT2D eigenvalue weighted by molar-refractivity contribution is -0.145. The molecule has 3 aromatic rings. The van der Waals surface area contributed by atoms with Gasteiger partial charge in [0.25, 0.3) is 53.2 Å². The highest BCUT2D eigenvalue weighted by Gasteiger charge is 2.34. The number of hydrogen-bond donors (Lipinski definition) is 6. The molecule has 88 heavy (non-hydrogen) atoms. The quantitative estimate of drug-likeness (QED) is 0.0165. The van der Waals surface area contributed by atoms with E-state index < -0.39 is 90.9 Å². The highest BCUT2D eigenvalue weighted by molar-refractivity contribution is 14.1. The first kappa shape index (κ1) is 79.3. The van der Waals surface area contributed by atoms with E-state index in [2.05, 4.69) is 51.6 Å². The van der Waals surface area contributed by atoms with Gasteiger partial charge in [-0.15, -0.1) is 19.7 Å². The number of likely N-dealkylation sites (N-methyl/N-ethyl adjacent to an activating group) is 3. The minimum atomic E-state index is -0.730. The van der Waals surface area contributed by atoms with E-state index in [0.717, 1.165) is 20.8 Å². The van der Waals surface area contributed by atoms with Crippen LogP contribution in [-0.4, -0.2) is 191 Å². The number of carbonyl (C=O) groups is 12. The molecule has 34 heteroatoms. The summed E-state index contributed by atoms with van der Waals surface area (Å²) in [6, 6.07) is 0. The van der Waals surface area contributed by atoms with Gasteiger partial charge in [-0.3, -0.25) is 62.4 Å². The summed E-state index contributed by atoms with van der Waals surface area (Å²) >= 11 is 17.1. The maximum absolute atomic E-state index is 14.5. The summed E-state index contributed by atoms with van der Waals surface area (Å²) in [5.41, 5.74) is 0.810. The third-order valence-electron chi connectivity index (χ3n) is 11.7. The van der Waals surface area contributed by atoms with Crippen molar-refractivity contribution >= 4 is 291 Å². The van der Waals surface area contributed by atoms with Crippen molar-refractivity contribution in [1.82, 2.24) is 35.6 Å². The molecule has 0 aliphatic rings. The van der Waals surface area contributed by atoms with Crippen LogP contribution in [0.1, 0.15) is 82.9 Å². The largest absolute Gasteiger partial charge is 0.456 e. The minimum absolute atomic E-state index is 0.0419. The average Bonchev–Trinajstić information content (AvgIpc) is 2.39. The van der Waals surface area contributed by atoms with Crippen molar-refractivity contribution in [2.45, 2.75) is 20.8 Å². The number of anilines is 3. The van der Waals surface area contributed by atoms with Gasteiger partial charge in [0.2, 0.25) is 0 Å². The van der Waals surface area contributed by atoms with E-state index in [1.54, 1.807) is 26.0 Å². The Morgan fingerprint density at radius 3 is 0.795 bits per heavy atom. The smallest absolute Gasteiger partial charge is 0.303 e. The van der Waals surface area contributed by atoms with Crippen molar-refractivity contribution in [3.05, 3.63) is 103 Å². The van der Waals surface area contributed by atoms with Crippen LogP contribution in [-0.2, 0) is 43.0 Å². The summed E-state index contributed by atoms with van der Waals surface area (Å²) < 4.78 is 17.2. The van der Waals surface area contributed by atoms with Crippen LogP contribution in [0.2, 0.25) is 0 Å². The third-order valence-corrected chi connectivity index (χ3v) is 21.4. The number of ether oxygens (including phenoxy) is 3. The second kappa shape index (κ2) is 38.3. The van der Waals surface area contributed by atoms with Gasteiger partial charge in [0.05, 0.1) is 71.9 Å². The predicted molar refractivity (Wildman–Crippen MR) is 404 cm³/mol. The molecule has 0 aliphatic heterocycles. The third kappa shape index (κ3) is 22.1. The van der Waals surface area contributed by atoms with Gasteiger partial charge >= 0.3 is 17.9 Å². The van der Waals surface area contributed by atoms with Crippen LogP contribution in [0, 0.1) is 32.1 Å². The first-order valence-corrected chi connectivity index (χ1v) is 35.1. The summed E-state index contributed by atoms with van der Waals surface area (Å²) in [7, 11) is 4.63. The zero-order valence-electron chi connectivity index (χ0n) is 47.7. The molecule has 0 spiro atoms.